The van der Waals surface area contributed by atoms with Gasteiger partial charge in [0.05, 0.1) is 19.3 Å². The van der Waals surface area contributed by atoms with E-state index in [9.17, 15) is 15.0 Å². The summed E-state index contributed by atoms with van der Waals surface area (Å²) in [5.74, 6) is -0.462. The minimum atomic E-state index is -2.43. The van der Waals surface area contributed by atoms with Crippen molar-refractivity contribution < 1.29 is 24.5 Å². The van der Waals surface area contributed by atoms with E-state index in [2.05, 4.69) is 39.7 Å². The predicted octanol–water partition coefficient (Wildman–Crippen LogP) is 5.12. The molecule has 2 saturated carbocycles. The maximum atomic E-state index is 11.5. The van der Waals surface area contributed by atoms with Crippen LogP contribution in [0.15, 0.2) is 12.2 Å². The van der Waals surface area contributed by atoms with Crippen molar-refractivity contribution in [2.75, 3.05) is 7.11 Å². The fourth-order valence-electron chi connectivity index (χ4n) is 5.96. The molecule has 6 heteroatoms. The largest absolute Gasteiger partial charge is 0.465 e. The van der Waals surface area contributed by atoms with Gasteiger partial charge in [0.15, 0.2) is 0 Å². The van der Waals surface area contributed by atoms with Crippen LogP contribution in [0.3, 0.4) is 0 Å². The van der Waals surface area contributed by atoms with E-state index < -0.39 is 11.8 Å². The van der Waals surface area contributed by atoms with E-state index in [1.165, 1.54) is 51.4 Å². The summed E-state index contributed by atoms with van der Waals surface area (Å²) in [6.07, 6.45) is 18.5. The quantitative estimate of drug-likeness (QED) is 0.178. The number of fused-ring (bicyclic) bond motifs is 1. The van der Waals surface area contributed by atoms with Crippen molar-refractivity contribution in [1.82, 2.24) is 0 Å². The van der Waals surface area contributed by atoms with E-state index in [0.717, 1.165) is 31.8 Å². The van der Waals surface area contributed by atoms with Crippen molar-refractivity contribution in [3.8, 4) is 0 Å². The number of hydrogen-bond donors (Lipinski definition) is 2. The zero-order valence-corrected chi connectivity index (χ0v) is 20.8. The molecule has 2 aliphatic carbocycles. The lowest BCUT2D eigenvalue weighted by Crippen LogP contribution is -2.40. The second-order valence-electron chi connectivity index (χ2n) is 10.1. The van der Waals surface area contributed by atoms with E-state index in [4.69, 9.17) is 4.74 Å². The van der Waals surface area contributed by atoms with Crippen molar-refractivity contribution in [1.29, 1.82) is 0 Å². The first-order valence-corrected chi connectivity index (χ1v) is 13.2. The first-order valence-electron chi connectivity index (χ1n) is 12.3. The van der Waals surface area contributed by atoms with E-state index in [0.29, 0.717) is 24.4 Å². The summed E-state index contributed by atoms with van der Waals surface area (Å²) in [5, 5.41) is 19.7. The predicted molar refractivity (Wildman–Crippen MR) is 125 cm³/mol. The highest BCUT2D eigenvalue weighted by molar-refractivity contribution is 9.09. The lowest BCUT2D eigenvalue weighted by molar-refractivity contribution is -0.209. The Balaban J connectivity index is 1.41. The van der Waals surface area contributed by atoms with Gasteiger partial charge in [-0.15, -0.1) is 0 Å². The molecule has 1 heterocycles. The van der Waals surface area contributed by atoms with Crippen molar-refractivity contribution in [3.05, 3.63) is 12.2 Å². The van der Waals surface area contributed by atoms with Crippen LogP contribution in [-0.4, -0.2) is 46.1 Å². The fraction of sp³-hybridized carbons (Fsp3) is 0.880. The molecule has 3 aliphatic rings. The van der Waals surface area contributed by atoms with Gasteiger partial charge >= 0.3 is 5.97 Å². The molecule has 0 aromatic carbocycles. The lowest BCUT2D eigenvalue weighted by Gasteiger charge is -2.23. The van der Waals surface area contributed by atoms with Crippen LogP contribution in [0.25, 0.3) is 0 Å². The normalized spacial score (nSPS) is 34.4. The number of alkyl halides is 1. The van der Waals surface area contributed by atoms with Crippen LogP contribution in [0.2, 0.25) is 0 Å². The van der Waals surface area contributed by atoms with E-state index in [-0.39, 0.29) is 17.4 Å². The molecule has 0 radical (unpaired) electrons. The molecule has 178 valence electrons. The molecule has 3 fully saturated rings. The number of allylic oxidation sites excluding steroid dienone is 2. The Hall–Kier alpha value is -0.430. The van der Waals surface area contributed by atoms with Crippen molar-refractivity contribution in [3.63, 3.8) is 0 Å². The molecule has 2 N–H and O–H groups in total. The Labute approximate surface area is 196 Å². The molecule has 31 heavy (non-hydrogen) atoms. The molecule has 0 bridgehead atoms. The Bertz CT molecular complexity index is 607. The minimum absolute atomic E-state index is 0.00963. The molecule has 0 aromatic rings. The third kappa shape index (κ3) is 6.78. The number of esters is 1. The number of methoxy groups -OCH3 is 1. The van der Waals surface area contributed by atoms with Gasteiger partial charge in [0, 0.05) is 11.2 Å². The molecule has 0 aromatic heterocycles. The standard InChI is InChI=1S/C25H41BrO5/c1-3-4-6-17-9-10-18(15-17)7-5-8-19-11-12-22-20(19)16-23(31-22)21(26)13-14-25(28,29)24(27)30-2/h5,8,17-23,28-29H,3-4,6-7,9-16H2,1-2H3/b8-5+/t17-,18-,19-,20+,21?,22-,23?/m0/s1. The van der Waals surface area contributed by atoms with Gasteiger partial charge in [0.1, 0.15) is 0 Å². The lowest BCUT2D eigenvalue weighted by atomic mass is 9.89. The summed E-state index contributed by atoms with van der Waals surface area (Å²) >= 11 is 3.66. The maximum absolute atomic E-state index is 11.5. The Morgan fingerprint density at radius 1 is 1.23 bits per heavy atom. The summed E-state index contributed by atoms with van der Waals surface area (Å²) in [4.78, 5) is 11.4. The monoisotopic (exact) mass is 500 g/mol. The minimum Gasteiger partial charge on any atom is -0.465 e. The number of rotatable bonds is 11. The number of halogens is 1. The van der Waals surface area contributed by atoms with Gasteiger partial charge in [-0.2, -0.15) is 0 Å². The second kappa shape index (κ2) is 11.6. The second-order valence-corrected chi connectivity index (χ2v) is 11.2. The van der Waals surface area contributed by atoms with Gasteiger partial charge in [-0.3, -0.25) is 0 Å². The number of hydrogen-bond acceptors (Lipinski definition) is 5. The smallest absolute Gasteiger partial charge is 0.366 e. The molecular formula is C25H41BrO5. The van der Waals surface area contributed by atoms with Crippen LogP contribution in [0, 0.1) is 23.7 Å². The number of unbranched alkanes of at least 4 members (excludes halogenated alkanes) is 1. The SMILES string of the molecule is CCCC[C@H]1CC[C@H](C/C=C/[C@H]2CC[C@@H]3OC(C(Br)CCC(O)(O)C(=O)OC)C[C@@H]32)C1. The topological polar surface area (TPSA) is 76.0 Å². The third-order valence-electron chi connectivity index (χ3n) is 7.82. The molecule has 1 saturated heterocycles. The first kappa shape index (κ1) is 25.2. The molecule has 7 atom stereocenters. The highest BCUT2D eigenvalue weighted by Gasteiger charge is 2.46. The molecule has 1 aliphatic heterocycles. The number of carbonyl (C=O) groups excluding carboxylic acids is 1. The van der Waals surface area contributed by atoms with Crippen molar-refractivity contribution >= 4 is 21.9 Å². The Morgan fingerprint density at radius 2 is 2.00 bits per heavy atom. The Morgan fingerprint density at radius 3 is 2.74 bits per heavy atom. The zero-order chi connectivity index (χ0) is 22.4. The van der Waals surface area contributed by atoms with Gasteiger partial charge in [-0.1, -0.05) is 60.7 Å². The van der Waals surface area contributed by atoms with Crippen LogP contribution >= 0.6 is 15.9 Å². The van der Waals surface area contributed by atoms with Crippen molar-refractivity contribution in [2.45, 2.75) is 107 Å². The van der Waals surface area contributed by atoms with Gasteiger partial charge in [0.2, 0.25) is 0 Å². The van der Waals surface area contributed by atoms with Crippen molar-refractivity contribution in [2.24, 2.45) is 23.7 Å². The van der Waals surface area contributed by atoms with Gasteiger partial charge in [-0.05, 0) is 68.6 Å². The van der Waals surface area contributed by atoms with Crippen LogP contribution in [0.4, 0.5) is 0 Å². The summed E-state index contributed by atoms with van der Waals surface area (Å²) in [6.45, 7) is 2.29. The van der Waals surface area contributed by atoms with Crippen LogP contribution < -0.4 is 0 Å². The Kier molecular flexibility index (Phi) is 9.45. The summed E-state index contributed by atoms with van der Waals surface area (Å²) in [5.41, 5.74) is 0. The molecule has 3 rings (SSSR count). The van der Waals surface area contributed by atoms with Crippen LogP contribution in [0.5, 0.6) is 0 Å². The highest BCUT2D eigenvalue weighted by atomic mass is 79.9. The fourth-order valence-corrected chi connectivity index (χ4v) is 6.53. The molecule has 0 amide bonds. The number of aliphatic hydroxyl groups is 2. The molecule has 5 nitrogen and oxygen atoms in total. The van der Waals surface area contributed by atoms with E-state index in [1.807, 2.05) is 0 Å². The average molecular weight is 502 g/mol. The summed E-state index contributed by atoms with van der Waals surface area (Å²) in [7, 11) is 1.15. The van der Waals surface area contributed by atoms with Gasteiger partial charge in [0.25, 0.3) is 5.79 Å². The van der Waals surface area contributed by atoms with E-state index >= 15 is 0 Å². The van der Waals surface area contributed by atoms with Crippen LogP contribution in [-0.2, 0) is 14.3 Å². The highest BCUT2D eigenvalue weighted by Crippen LogP contribution is 2.46. The van der Waals surface area contributed by atoms with Gasteiger partial charge < -0.3 is 19.7 Å². The van der Waals surface area contributed by atoms with Crippen LogP contribution in [0.1, 0.15) is 84.0 Å². The first-order chi connectivity index (χ1) is 14.8. The molecule has 0 spiro atoms. The average Bonchev–Trinajstić information content (AvgIpc) is 3.47. The van der Waals surface area contributed by atoms with E-state index in [1.54, 1.807) is 0 Å². The third-order valence-corrected chi connectivity index (χ3v) is 8.87. The number of ether oxygens (including phenoxy) is 2. The zero-order valence-electron chi connectivity index (χ0n) is 19.2. The number of carbonyl (C=O) groups is 1. The summed E-state index contributed by atoms with van der Waals surface area (Å²) in [6, 6.07) is 0. The van der Waals surface area contributed by atoms with Gasteiger partial charge in [-0.25, -0.2) is 4.79 Å². The summed E-state index contributed by atoms with van der Waals surface area (Å²) < 4.78 is 10.8. The maximum Gasteiger partial charge on any atom is 0.366 e. The molecule has 2 unspecified atom stereocenters. The molecular weight excluding hydrogens is 460 g/mol.